The number of benzene rings is 1. The molecule has 0 saturated carbocycles. The van der Waals surface area contributed by atoms with E-state index in [1.807, 2.05) is 6.07 Å². The average molecular weight is 292 g/mol. The van der Waals surface area contributed by atoms with Gasteiger partial charge in [-0.15, -0.1) is 0 Å². The van der Waals surface area contributed by atoms with Gasteiger partial charge in [0.25, 0.3) is 0 Å². The number of aromatic nitrogens is 1. The van der Waals surface area contributed by atoms with Gasteiger partial charge in [-0.25, -0.2) is 4.79 Å². The normalized spacial score (nSPS) is 24.8. The van der Waals surface area contributed by atoms with E-state index in [2.05, 4.69) is 15.0 Å². The van der Waals surface area contributed by atoms with Gasteiger partial charge in [0.15, 0.2) is 0 Å². The highest BCUT2D eigenvalue weighted by Gasteiger charge is 2.22. The molecule has 1 amide bonds. The molecule has 0 radical (unpaired) electrons. The zero-order chi connectivity index (χ0) is 19.3. The lowest BCUT2D eigenvalue weighted by molar-refractivity contribution is 0.177. The number of nitrogens with one attached hydrogen (secondary N) is 2. The Bertz CT molecular complexity index is 850. The molecular formula is C16H21N3O2. The molecule has 1 aromatic carbocycles. The van der Waals surface area contributed by atoms with Crippen LogP contribution in [0.1, 0.15) is 18.0 Å². The van der Waals surface area contributed by atoms with E-state index in [0.717, 1.165) is 16.5 Å². The number of hydrogen-bond acceptors (Lipinski definition) is 3. The molecular weight excluding hydrogens is 266 g/mol. The molecule has 1 saturated heterocycles. The molecule has 2 heterocycles. The highest BCUT2D eigenvalue weighted by Crippen LogP contribution is 2.21. The second kappa shape index (κ2) is 5.77. The molecule has 1 atom stereocenters. The number of rotatable bonds is 5. The van der Waals surface area contributed by atoms with Crippen molar-refractivity contribution >= 4 is 17.0 Å². The summed E-state index contributed by atoms with van der Waals surface area (Å²) in [5.74, 6) is 0. The van der Waals surface area contributed by atoms with Crippen molar-refractivity contribution in [1.82, 2.24) is 15.2 Å². The molecule has 5 nitrogen and oxygen atoms in total. The topological polar surface area (TPSA) is 57.4 Å². The first-order chi connectivity index (χ1) is 12.0. The number of ether oxygens (including phenoxy) is 1. The van der Waals surface area contributed by atoms with Crippen molar-refractivity contribution < 1.29 is 16.4 Å². The van der Waals surface area contributed by atoms with Crippen molar-refractivity contribution in [2.24, 2.45) is 0 Å². The predicted molar refractivity (Wildman–Crippen MR) is 82.5 cm³/mol. The third kappa shape index (κ3) is 3.19. The lowest BCUT2D eigenvalue weighted by Crippen LogP contribution is -2.28. The van der Waals surface area contributed by atoms with E-state index in [9.17, 15) is 4.79 Å². The lowest BCUT2D eigenvalue weighted by Gasteiger charge is -2.09. The van der Waals surface area contributed by atoms with Crippen LogP contribution in [-0.4, -0.2) is 49.2 Å². The maximum absolute atomic E-state index is 11.3. The van der Waals surface area contributed by atoms with Crippen LogP contribution in [0.25, 0.3) is 10.9 Å². The average Bonchev–Trinajstić information content (AvgIpc) is 2.95. The number of carbonyl (C=O) groups is 1. The zero-order valence-electron chi connectivity index (χ0n) is 17.0. The minimum atomic E-state index is -2.09. The third-order valence-electron chi connectivity index (χ3n) is 3.36. The second-order valence-corrected chi connectivity index (χ2v) is 5.25. The number of H-pyrrole nitrogens is 1. The monoisotopic (exact) mass is 292 g/mol. The van der Waals surface area contributed by atoms with Gasteiger partial charge in [0.2, 0.25) is 0 Å². The predicted octanol–water partition coefficient (Wildman–Crippen LogP) is 1.92. The van der Waals surface area contributed by atoms with Gasteiger partial charge in [-0.3, -0.25) is 0 Å². The molecule has 5 heteroatoms. The molecule has 0 spiro atoms. The van der Waals surface area contributed by atoms with Crippen LogP contribution in [0.3, 0.4) is 0 Å². The number of hydrogen-bond donors (Lipinski definition) is 2. The molecule has 1 aliphatic heterocycles. The van der Waals surface area contributed by atoms with E-state index in [1.54, 1.807) is 26.2 Å². The number of carbonyl (C=O) groups excluding carboxylic acids is 1. The summed E-state index contributed by atoms with van der Waals surface area (Å²) in [5, 5.41) is 3.19. The summed E-state index contributed by atoms with van der Waals surface area (Å²) >= 11 is 0. The van der Waals surface area contributed by atoms with Gasteiger partial charge in [0.1, 0.15) is 6.56 Å². The van der Waals surface area contributed by atoms with Gasteiger partial charge in [0.05, 0.1) is 10.2 Å². The van der Waals surface area contributed by atoms with Gasteiger partial charge < -0.3 is 19.9 Å². The van der Waals surface area contributed by atoms with E-state index >= 15 is 0 Å². The Morgan fingerprint density at radius 3 is 3.14 bits per heavy atom. The first-order valence-corrected chi connectivity index (χ1v) is 6.76. The van der Waals surface area contributed by atoms with Crippen LogP contribution in [0.4, 0.5) is 4.79 Å². The van der Waals surface area contributed by atoms with Gasteiger partial charge >= 0.3 is 6.09 Å². The summed E-state index contributed by atoms with van der Waals surface area (Å²) in [5.41, 5.74) is 2.05. The smallest absolute Gasteiger partial charge is 0.407 e. The number of nitrogens with zero attached hydrogens (tertiary/aromatic N) is 1. The number of likely N-dealkylation sites (N-methyl/N-ethyl adjacent to an activating group) is 1. The summed E-state index contributed by atoms with van der Waals surface area (Å²) in [6, 6.07) is 4.58. The maximum atomic E-state index is 11.3. The highest BCUT2D eigenvalue weighted by molar-refractivity contribution is 5.84. The number of alkyl carbamates (subject to hydrolysis) is 1. The Hall–Kier alpha value is -2.01. The van der Waals surface area contributed by atoms with Crippen LogP contribution in [0.15, 0.2) is 24.4 Å². The van der Waals surface area contributed by atoms with Gasteiger partial charge in [-0.2, -0.15) is 0 Å². The Kier molecular flexibility index (Phi) is 2.50. The molecule has 3 rings (SSSR count). The molecule has 0 aliphatic carbocycles. The number of aryl methyl sites for hydroxylation is 1. The fourth-order valence-electron chi connectivity index (χ4n) is 2.32. The second-order valence-electron chi connectivity index (χ2n) is 5.25. The van der Waals surface area contributed by atoms with Crippen molar-refractivity contribution in [3.8, 4) is 0 Å². The fraction of sp³-hybridized carbons (Fsp3) is 0.438. The molecule has 1 fully saturated rings. The Labute approximate surface area is 131 Å². The Morgan fingerprint density at radius 2 is 2.43 bits per heavy atom. The molecule has 1 aromatic heterocycles. The van der Waals surface area contributed by atoms with E-state index in [4.69, 9.17) is 6.85 Å². The van der Waals surface area contributed by atoms with Gasteiger partial charge in [-0.05, 0) is 50.2 Å². The first kappa shape index (κ1) is 9.10. The number of fused-ring (bicyclic) bond motifs is 1. The molecule has 2 aromatic rings. The van der Waals surface area contributed by atoms with Crippen molar-refractivity contribution in [1.29, 1.82) is 0 Å². The van der Waals surface area contributed by atoms with Gasteiger partial charge in [-0.1, -0.05) is 6.07 Å². The fourth-order valence-corrected chi connectivity index (χ4v) is 2.32. The van der Waals surface area contributed by atoms with Crippen LogP contribution in [0.2, 0.25) is 0 Å². The molecule has 2 N–H and O–H groups in total. The summed E-state index contributed by atoms with van der Waals surface area (Å²) in [7, 11) is 3.30. The van der Waals surface area contributed by atoms with Crippen LogP contribution in [0.5, 0.6) is 0 Å². The highest BCUT2D eigenvalue weighted by atomic mass is 16.6. The quantitative estimate of drug-likeness (QED) is 0.885. The van der Waals surface area contributed by atoms with E-state index < -0.39 is 25.2 Å². The van der Waals surface area contributed by atoms with Crippen molar-refractivity contribution in [2.45, 2.75) is 18.9 Å². The molecule has 0 unspecified atom stereocenters. The van der Waals surface area contributed by atoms with E-state index in [0.29, 0.717) is 5.56 Å². The molecule has 1 aliphatic rings. The van der Waals surface area contributed by atoms with E-state index in [-0.39, 0.29) is 19.0 Å². The van der Waals surface area contributed by atoms with Crippen LogP contribution in [-0.2, 0) is 17.6 Å². The third-order valence-corrected chi connectivity index (χ3v) is 3.36. The first-order valence-electron chi connectivity index (χ1n) is 9.26. The number of aromatic amines is 1. The zero-order valence-corrected chi connectivity index (χ0v) is 12.0. The summed E-state index contributed by atoms with van der Waals surface area (Å²) in [4.78, 5) is 15.7. The standard InChI is InChI=1S/C16H21N3O2/c1-19(2)6-5-12-9-17-15-4-3-11(8-14(12)15)7-13-10-21-16(20)18-13/h3-4,8-9,13,17H,5-7,10H2,1-2H3,(H,18,20)/t13-/m0/s1/i6D2,9D,10D2. The minimum absolute atomic E-state index is 0.0480. The summed E-state index contributed by atoms with van der Waals surface area (Å²) in [6.45, 7) is -3.69. The molecule has 21 heavy (non-hydrogen) atoms. The SMILES string of the molecule is [2H]c1[nH]c2ccc(C[C@@H]3NC(=O)OC3([2H])[2H])cc2c1CC([2H])([2H])N(C)C. The minimum Gasteiger partial charge on any atom is -0.447 e. The van der Waals surface area contributed by atoms with Crippen molar-refractivity contribution in [3.05, 3.63) is 35.5 Å². The maximum Gasteiger partial charge on any atom is 0.407 e. The number of cyclic esters (lactones) is 1. The van der Waals surface area contributed by atoms with Crippen molar-refractivity contribution in [3.63, 3.8) is 0 Å². The largest absolute Gasteiger partial charge is 0.447 e. The molecule has 0 bridgehead atoms. The van der Waals surface area contributed by atoms with Crippen LogP contribution in [0, 0.1) is 0 Å². The van der Waals surface area contributed by atoms with Crippen LogP contribution < -0.4 is 5.32 Å². The Balaban J connectivity index is 1.93. The Morgan fingerprint density at radius 1 is 1.57 bits per heavy atom. The van der Waals surface area contributed by atoms with E-state index in [1.165, 1.54) is 4.90 Å². The number of amides is 1. The summed E-state index contributed by atoms with van der Waals surface area (Å²) in [6.07, 6.45) is -0.341. The summed E-state index contributed by atoms with van der Waals surface area (Å²) < 4.78 is 44.5. The lowest BCUT2D eigenvalue weighted by atomic mass is 10.0. The molecule has 112 valence electrons. The van der Waals surface area contributed by atoms with Crippen LogP contribution >= 0.6 is 0 Å². The van der Waals surface area contributed by atoms with Gasteiger partial charge in [0, 0.05) is 26.3 Å². The van der Waals surface area contributed by atoms with Crippen molar-refractivity contribution in [2.75, 3.05) is 27.2 Å².